The van der Waals surface area contributed by atoms with Crippen molar-refractivity contribution in [2.75, 3.05) is 0 Å². The summed E-state index contributed by atoms with van der Waals surface area (Å²) in [7, 11) is 0. The van der Waals surface area contributed by atoms with Crippen LogP contribution in [-0.2, 0) is 6.54 Å². The first kappa shape index (κ1) is 11.8. The van der Waals surface area contributed by atoms with Crippen LogP contribution in [0.2, 0.25) is 0 Å². The smallest absolute Gasteiger partial charge is 0.332 e. The van der Waals surface area contributed by atoms with Gasteiger partial charge in [0.1, 0.15) is 12.7 Å². The molecule has 7 heteroatoms. The highest BCUT2D eigenvalue weighted by Crippen LogP contribution is 2.04. The summed E-state index contributed by atoms with van der Waals surface area (Å²) in [6.45, 7) is 0.630. The lowest BCUT2D eigenvalue weighted by atomic mass is 10.1. The van der Waals surface area contributed by atoms with Crippen LogP contribution >= 0.6 is 0 Å². The summed E-state index contributed by atoms with van der Waals surface area (Å²) in [5, 5.41) is 7.72. The summed E-state index contributed by atoms with van der Waals surface area (Å²) in [5.41, 5.74) is 8.96. The lowest BCUT2D eigenvalue weighted by Gasteiger charge is -2.02. The predicted octanol–water partition coefficient (Wildman–Crippen LogP) is 0.329. The Morgan fingerprint density at radius 1 is 1.56 bits per heavy atom. The molecule has 0 fully saturated rings. The van der Waals surface area contributed by atoms with Crippen molar-refractivity contribution < 1.29 is 4.79 Å². The minimum absolute atomic E-state index is 0.630. The third kappa shape index (κ3) is 3.41. The second-order valence-electron chi connectivity index (χ2n) is 3.57. The van der Waals surface area contributed by atoms with Gasteiger partial charge in [0.15, 0.2) is 0 Å². The molecule has 1 heterocycles. The number of amides is 2. The first-order valence-electron chi connectivity index (χ1n) is 5.24. The van der Waals surface area contributed by atoms with Crippen molar-refractivity contribution in [2.45, 2.75) is 6.54 Å². The highest BCUT2D eigenvalue weighted by atomic mass is 16.2. The number of nitrogens with zero attached hydrogens (tertiary/aromatic N) is 4. The number of hydrazone groups is 1. The van der Waals surface area contributed by atoms with E-state index in [1.165, 1.54) is 12.5 Å². The van der Waals surface area contributed by atoms with Crippen molar-refractivity contribution in [1.29, 1.82) is 0 Å². The van der Waals surface area contributed by atoms with Gasteiger partial charge in [-0.15, -0.1) is 0 Å². The highest BCUT2D eigenvalue weighted by Gasteiger charge is 1.96. The number of hydrogen-bond acceptors (Lipinski definition) is 4. The average Bonchev–Trinajstić information content (AvgIpc) is 2.82. The second-order valence-corrected chi connectivity index (χ2v) is 3.57. The van der Waals surface area contributed by atoms with E-state index in [4.69, 9.17) is 5.73 Å². The lowest BCUT2D eigenvalue weighted by Crippen LogP contribution is -2.24. The molecular weight excluding hydrogens is 232 g/mol. The molecule has 2 aromatic rings. The van der Waals surface area contributed by atoms with Crippen molar-refractivity contribution in [2.24, 2.45) is 10.8 Å². The Labute approximate surface area is 103 Å². The van der Waals surface area contributed by atoms with E-state index in [1.54, 1.807) is 11.0 Å². The van der Waals surface area contributed by atoms with Gasteiger partial charge in [0.05, 0.1) is 12.8 Å². The van der Waals surface area contributed by atoms with Gasteiger partial charge in [-0.3, -0.25) is 0 Å². The van der Waals surface area contributed by atoms with E-state index in [1.807, 2.05) is 24.3 Å². The fourth-order valence-electron chi connectivity index (χ4n) is 1.44. The maximum atomic E-state index is 10.4. The van der Waals surface area contributed by atoms with E-state index in [0.717, 1.165) is 11.1 Å². The molecule has 0 aliphatic carbocycles. The Hall–Kier alpha value is -2.70. The fourth-order valence-corrected chi connectivity index (χ4v) is 1.44. The van der Waals surface area contributed by atoms with Gasteiger partial charge in [0.2, 0.25) is 0 Å². The van der Waals surface area contributed by atoms with Gasteiger partial charge >= 0.3 is 6.03 Å². The molecule has 1 aromatic heterocycles. The SMILES string of the molecule is NC(=O)NN=Cc1cccc(Cn2cncn2)c1. The minimum atomic E-state index is -0.690. The monoisotopic (exact) mass is 244 g/mol. The summed E-state index contributed by atoms with van der Waals surface area (Å²) in [6, 6.07) is 6.99. The second kappa shape index (κ2) is 5.58. The van der Waals surface area contributed by atoms with Crippen molar-refractivity contribution >= 4 is 12.2 Å². The topological polar surface area (TPSA) is 98.2 Å². The van der Waals surface area contributed by atoms with Crippen molar-refractivity contribution in [1.82, 2.24) is 20.2 Å². The van der Waals surface area contributed by atoms with Crippen LogP contribution in [0, 0.1) is 0 Å². The Morgan fingerprint density at radius 3 is 3.17 bits per heavy atom. The summed E-state index contributed by atoms with van der Waals surface area (Å²) >= 11 is 0. The van der Waals surface area contributed by atoms with Crippen LogP contribution < -0.4 is 11.2 Å². The Bertz CT molecular complexity index is 548. The largest absolute Gasteiger partial charge is 0.350 e. The maximum Gasteiger partial charge on any atom is 0.332 e. The Balaban J connectivity index is 2.05. The number of benzene rings is 1. The molecule has 0 spiro atoms. The van der Waals surface area contributed by atoms with Gasteiger partial charge in [-0.1, -0.05) is 18.2 Å². The molecule has 0 saturated carbocycles. The molecule has 92 valence electrons. The molecule has 0 unspecified atom stereocenters. The number of hydrogen-bond donors (Lipinski definition) is 2. The van der Waals surface area contributed by atoms with Crippen molar-refractivity contribution in [3.05, 3.63) is 48.0 Å². The highest BCUT2D eigenvalue weighted by molar-refractivity contribution is 5.81. The van der Waals surface area contributed by atoms with Crippen LogP contribution in [0.4, 0.5) is 4.79 Å². The van der Waals surface area contributed by atoms with Crippen LogP contribution in [0.25, 0.3) is 0 Å². The molecule has 2 rings (SSSR count). The molecule has 1 aromatic carbocycles. The summed E-state index contributed by atoms with van der Waals surface area (Å²) in [6.07, 6.45) is 4.66. The molecule has 18 heavy (non-hydrogen) atoms. The summed E-state index contributed by atoms with van der Waals surface area (Å²) in [4.78, 5) is 14.3. The number of aromatic nitrogens is 3. The van der Waals surface area contributed by atoms with E-state index in [0.29, 0.717) is 6.54 Å². The van der Waals surface area contributed by atoms with E-state index < -0.39 is 6.03 Å². The van der Waals surface area contributed by atoms with Crippen LogP contribution in [0.15, 0.2) is 42.0 Å². The first-order chi connectivity index (χ1) is 8.74. The fraction of sp³-hybridized carbons (Fsp3) is 0.0909. The van der Waals surface area contributed by atoms with Gasteiger partial charge in [-0.25, -0.2) is 19.9 Å². The summed E-state index contributed by atoms with van der Waals surface area (Å²) < 4.78 is 1.72. The normalized spacial score (nSPS) is 10.7. The van der Waals surface area contributed by atoms with Crippen molar-refractivity contribution in [3.8, 4) is 0 Å². The van der Waals surface area contributed by atoms with Gasteiger partial charge in [-0.05, 0) is 17.2 Å². The molecule has 3 N–H and O–H groups in total. The number of rotatable bonds is 4. The molecule has 0 atom stereocenters. The molecule has 0 aliphatic heterocycles. The van der Waals surface area contributed by atoms with Crippen LogP contribution in [-0.4, -0.2) is 27.0 Å². The molecule has 0 bridgehead atoms. The third-order valence-electron chi connectivity index (χ3n) is 2.15. The minimum Gasteiger partial charge on any atom is -0.350 e. The molecular formula is C11H12N6O. The quantitative estimate of drug-likeness (QED) is 0.598. The molecule has 0 saturated heterocycles. The Kier molecular flexibility index (Phi) is 3.65. The molecule has 0 aliphatic rings. The van der Waals surface area contributed by atoms with Gasteiger partial charge in [-0.2, -0.15) is 10.2 Å². The number of nitrogens with two attached hydrogens (primary N) is 1. The van der Waals surface area contributed by atoms with E-state index in [9.17, 15) is 4.79 Å². The van der Waals surface area contributed by atoms with Crippen molar-refractivity contribution in [3.63, 3.8) is 0 Å². The first-order valence-corrected chi connectivity index (χ1v) is 5.24. The number of urea groups is 1. The molecule has 2 amide bonds. The Morgan fingerprint density at radius 2 is 2.44 bits per heavy atom. The third-order valence-corrected chi connectivity index (χ3v) is 2.15. The predicted molar refractivity (Wildman–Crippen MR) is 65.9 cm³/mol. The number of carbonyl (C=O) groups excluding carboxylic acids is 1. The maximum absolute atomic E-state index is 10.4. The van der Waals surface area contributed by atoms with Crippen LogP contribution in [0.5, 0.6) is 0 Å². The van der Waals surface area contributed by atoms with Gasteiger partial charge in [0, 0.05) is 0 Å². The zero-order chi connectivity index (χ0) is 12.8. The van der Waals surface area contributed by atoms with Crippen LogP contribution in [0.3, 0.4) is 0 Å². The number of primary amides is 1. The molecule has 0 radical (unpaired) electrons. The summed E-state index contributed by atoms with van der Waals surface area (Å²) in [5.74, 6) is 0. The van der Waals surface area contributed by atoms with E-state index in [2.05, 4.69) is 20.6 Å². The number of nitrogens with one attached hydrogen (secondary N) is 1. The average molecular weight is 244 g/mol. The zero-order valence-electron chi connectivity index (χ0n) is 9.52. The standard InChI is InChI=1S/C11H12N6O/c12-11(18)16-14-5-9-2-1-3-10(4-9)6-17-8-13-7-15-17/h1-5,7-8H,6H2,(H3,12,16,18). The lowest BCUT2D eigenvalue weighted by molar-refractivity contribution is 0.249. The number of carbonyl (C=O) groups is 1. The molecule has 7 nitrogen and oxygen atoms in total. The van der Waals surface area contributed by atoms with Gasteiger partial charge < -0.3 is 5.73 Å². The van der Waals surface area contributed by atoms with E-state index >= 15 is 0 Å². The van der Waals surface area contributed by atoms with Crippen LogP contribution in [0.1, 0.15) is 11.1 Å². The van der Waals surface area contributed by atoms with Gasteiger partial charge in [0.25, 0.3) is 0 Å². The van der Waals surface area contributed by atoms with E-state index in [-0.39, 0.29) is 0 Å². The zero-order valence-corrected chi connectivity index (χ0v) is 9.52.